The number of hydrogen-bond donors (Lipinski definition) is 0. The molecule has 0 aliphatic heterocycles. The third kappa shape index (κ3) is 2.77. The van der Waals surface area contributed by atoms with E-state index in [4.69, 9.17) is 4.74 Å². The number of nitrogens with zero attached hydrogens (tertiary/aromatic N) is 1. The molecule has 0 unspecified atom stereocenters. The van der Waals surface area contributed by atoms with E-state index < -0.39 is 0 Å². The minimum absolute atomic E-state index is 0.138. The Morgan fingerprint density at radius 1 is 1.53 bits per heavy atom. The largest absolute Gasteiger partial charge is 0.493 e. The normalized spacial score (nSPS) is 16.6. The Balaban J connectivity index is 2.03. The molecule has 17 heavy (non-hydrogen) atoms. The molecular formula is C12H14BrNO3. The lowest BCUT2D eigenvalue weighted by molar-refractivity contribution is -0.385. The van der Waals surface area contributed by atoms with Crippen molar-refractivity contribution in [3.8, 4) is 5.75 Å². The van der Waals surface area contributed by atoms with E-state index in [1.54, 1.807) is 19.1 Å². The highest BCUT2D eigenvalue weighted by atomic mass is 79.9. The number of nitro benzene ring substituents is 1. The summed E-state index contributed by atoms with van der Waals surface area (Å²) in [6.45, 7) is 2.40. The lowest BCUT2D eigenvalue weighted by atomic mass is 10.1. The van der Waals surface area contributed by atoms with Gasteiger partial charge >= 0.3 is 0 Å². The van der Waals surface area contributed by atoms with Crippen LogP contribution >= 0.6 is 15.9 Å². The highest BCUT2D eigenvalue weighted by Gasteiger charge is 2.42. The molecule has 1 aliphatic rings. The van der Waals surface area contributed by atoms with Gasteiger partial charge in [-0.3, -0.25) is 10.1 Å². The van der Waals surface area contributed by atoms with Crippen molar-refractivity contribution in [2.45, 2.75) is 19.8 Å². The van der Waals surface area contributed by atoms with E-state index in [1.165, 1.54) is 18.9 Å². The molecule has 0 heterocycles. The first kappa shape index (κ1) is 12.4. The molecule has 0 saturated heterocycles. The van der Waals surface area contributed by atoms with E-state index in [9.17, 15) is 10.1 Å². The van der Waals surface area contributed by atoms with Crippen LogP contribution in [-0.4, -0.2) is 16.9 Å². The van der Waals surface area contributed by atoms with E-state index in [0.717, 1.165) is 5.33 Å². The SMILES string of the molecule is Cc1cc(OCC2(CBr)CC2)ccc1[N+](=O)[O-]. The van der Waals surface area contributed by atoms with E-state index in [1.807, 2.05) is 0 Å². The van der Waals surface area contributed by atoms with E-state index in [2.05, 4.69) is 15.9 Å². The summed E-state index contributed by atoms with van der Waals surface area (Å²) in [7, 11) is 0. The van der Waals surface area contributed by atoms with Gasteiger partial charge in [0.05, 0.1) is 11.5 Å². The quantitative estimate of drug-likeness (QED) is 0.475. The second kappa shape index (κ2) is 4.64. The standard InChI is InChI=1S/C12H14BrNO3/c1-9-6-10(2-3-11(9)14(15)16)17-8-12(7-13)4-5-12/h2-3,6H,4-5,7-8H2,1H3. The van der Waals surface area contributed by atoms with Crippen molar-refractivity contribution in [3.63, 3.8) is 0 Å². The molecule has 0 atom stereocenters. The van der Waals surface area contributed by atoms with E-state index >= 15 is 0 Å². The Kier molecular flexibility index (Phi) is 3.38. The van der Waals surface area contributed by atoms with Gasteiger partial charge in [0.25, 0.3) is 5.69 Å². The number of hydrogen-bond acceptors (Lipinski definition) is 3. The van der Waals surface area contributed by atoms with Crippen LogP contribution in [0.15, 0.2) is 18.2 Å². The topological polar surface area (TPSA) is 52.4 Å². The minimum Gasteiger partial charge on any atom is -0.493 e. The average molecular weight is 300 g/mol. The Labute approximate surface area is 108 Å². The van der Waals surface area contributed by atoms with Crippen molar-refractivity contribution >= 4 is 21.6 Å². The molecule has 0 N–H and O–H groups in total. The summed E-state index contributed by atoms with van der Waals surface area (Å²) in [5.74, 6) is 0.709. The maximum Gasteiger partial charge on any atom is 0.272 e. The van der Waals surface area contributed by atoms with Gasteiger partial charge in [-0.15, -0.1) is 0 Å². The fraction of sp³-hybridized carbons (Fsp3) is 0.500. The van der Waals surface area contributed by atoms with Gasteiger partial charge in [-0.2, -0.15) is 0 Å². The summed E-state index contributed by atoms with van der Waals surface area (Å²) in [4.78, 5) is 10.3. The van der Waals surface area contributed by atoms with Crippen molar-refractivity contribution in [2.24, 2.45) is 5.41 Å². The third-order valence-electron chi connectivity index (χ3n) is 3.15. The van der Waals surface area contributed by atoms with Crippen molar-refractivity contribution in [1.82, 2.24) is 0 Å². The zero-order valence-electron chi connectivity index (χ0n) is 9.61. The van der Waals surface area contributed by atoms with Crippen LogP contribution in [-0.2, 0) is 0 Å². The van der Waals surface area contributed by atoms with Crippen molar-refractivity contribution in [3.05, 3.63) is 33.9 Å². The number of aryl methyl sites for hydroxylation is 1. The first-order chi connectivity index (χ1) is 8.06. The monoisotopic (exact) mass is 299 g/mol. The number of nitro groups is 1. The zero-order chi connectivity index (χ0) is 12.5. The van der Waals surface area contributed by atoms with Gasteiger partial charge in [-0.05, 0) is 31.9 Å². The molecule has 0 bridgehead atoms. The second-order valence-electron chi connectivity index (χ2n) is 4.63. The summed E-state index contributed by atoms with van der Waals surface area (Å²) >= 11 is 3.48. The van der Waals surface area contributed by atoms with Crippen LogP contribution in [0.5, 0.6) is 5.75 Å². The minimum atomic E-state index is -0.375. The number of halogens is 1. The number of benzene rings is 1. The van der Waals surface area contributed by atoms with Gasteiger partial charge < -0.3 is 4.74 Å². The Morgan fingerprint density at radius 2 is 2.24 bits per heavy atom. The zero-order valence-corrected chi connectivity index (χ0v) is 11.2. The summed E-state index contributed by atoms with van der Waals surface area (Å²) in [5, 5.41) is 11.6. The van der Waals surface area contributed by atoms with Crippen molar-refractivity contribution in [1.29, 1.82) is 0 Å². The molecule has 1 fully saturated rings. The molecule has 0 aromatic heterocycles. The number of alkyl halides is 1. The van der Waals surface area contributed by atoms with Gasteiger partial charge in [-0.25, -0.2) is 0 Å². The van der Waals surface area contributed by atoms with Crippen LogP contribution in [0.25, 0.3) is 0 Å². The smallest absolute Gasteiger partial charge is 0.272 e. The number of ether oxygens (including phenoxy) is 1. The van der Waals surface area contributed by atoms with E-state index in [0.29, 0.717) is 17.9 Å². The van der Waals surface area contributed by atoms with Crippen LogP contribution < -0.4 is 4.74 Å². The first-order valence-electron chi connectivity index (χ1n) is 5.50. The summed E-state index contributed by atoms with van der Waals surface area (Å²) in [6.07, 6.45) is 2.37. The van der Waals surface area contributed by atoms with Crippen molar-refractivity contribution in [2.75, 3.05) is 11.9 Å². The molecule has 4 nitrogen and oxygen atoms in total. The van der Waals surface area contributed by atoms with Crippen LogP contribution in [0, 0.1) is 22.5 Å². The van der Waals surface area contributed by atoms with Gasteiger partial charge in [0.15, 0.2) is 0 Å². The second-order valence-corrected chi connectivity index (χ2v) is 5.19. The predicted molar refractivity (Wildman–Crippen MR) is 68.8 cm³/mol. The lowest BCUT2D eigenvalue weighted by Gasteiger charge is -2.13. The van der Waals surface area contributed by atoms with Gasteiger partial charge in [0.1, 0.15) is 5.75 Å². The molecule has 5 heteroatoms. The Hall–Kier alpha value is -1.10. The summed E-state index contributed by atoms with van der Waals surface area (Å²) in [6, 6.07) is 4.89. The van der Waals surface area contributed by atoms with Gasteiger partial charge in [0, 0.05) is 22.4 Å². The molecule has 92 valence electrons. The molecule has 0 amide bonds. The molecule has 2 rings (SSSR count). The molecule has 1 aliphatic carbocycles. The molecule has 0 radical (unpaired) electrons. The predicted octanol–water partition coefficient (Wildman–Crippen LogP) is 3.46. The fourth-order valence-electron chi connectivity index (χ4n) is 1.65. The Morgan fingerprint density at radius 3 is 2.71 bits per heavy atom. The van der Waals surface area contributed by atoms with Gasteiger partial charge in [0.2, 0.25) is 0 Å². The molecule has 1 aromatic rings. The van der Waals surface area contributed by atoms with Crippen LogP contribution in [0.4, 0.5) is 5.69 Å². The highest BCUT2D eigenvalue weighted by Crippen LogP contribution is 2.47. The number of rotatable bonds is 5. The van der Waals surface area contributed by atoms with Crippen LogP contribution in [0.3, 0.4) is 0 Å². The first-order valence-corrected chi connectivity index (χ1v) is 6.62. The summed E-state index contributed by atoms with van der Waals surface area (Å²) in [5.41, 5.74) is 1.06. The van der Waals surface area contributed by atoms with Crippen molar-refractivity contribution < 1.29 is 9.66 Å². The summed E-state index contributed by atoms with van der Waals surface area (Å²) < 4.78 is 5.69. The van der Waals surface area contributed by atoms with Gasteiger partial charge in [-0.1, -0.05) is 15.9 Å². The molecule has 0 spiro atoms. The van der Waals surface area contributed by atoms with Crippen LogP contribution in [0.1, 0.15) is 18.4 Å². The average Bonchev–Trinajstić information content (AvgIpc) is 3.07. The molecular weight excluding hydrogens is 286 g/mol. The van der Waals surface area contributed by atoms with E-state index in [-0.39, 0.29) is 16.0 Å². The molecule has 1 saturated carbocycles. The maximum atomic E-state index is 10.7. The highest BCUT2D eigenvalue weighted by molar-refractivity contribution is 9.09. The molecule has 1 aromatic carbocycles. The maximum absolute atomic E-state index is 10.7. The Bertz CT molecular complexity index is 443. The lowest BCUT2D eigenvalue weighted by Crippen LogP contribution is -2.14. The third-order valence-corrected chi connectivity index (χ3v) is 4.34. The van der Waals surface area contributed by atoms with Crippen LogP contribution in [0.2, 0.25) is 0 Å². The fourth-order valence-corrected chi connectivity index (χ4v) is 2.37.